The van der Waals surface area contributed by atoms with Crippen molar-refractivity contribution in [3.05, 3.63) is 99.2 Å². The smallest absolute Gasteiger partial charge is 0.276 e. The molecule has 0 aliphatic carbocycles. The van der Waals surface area contributed by atoms with Crippen LogP contribution in [-0.4, -0.2) is 28.0 Å². The van der Waals surface area contributed by atoms with Crippen molar-refractivity contribution in [1.82, 2.24) is 19.6 Å². The van der Waals surface area contributed by atoms with Crippen molar-refractivity contribution in [3.63, 3.8) is 0 Å². The maximum Gasteiger partial charge on any atom is 0.291 e. The number of hydrogen-bond acceptors (Lipinski definition) is 5. The molecule has 2 aromatic heterocycles. The first-order valence-electron chi connectivity index (χ1n) is 8.96. The van der Waals surface area contributed by atoms with Gasteiger partial charge in [-0.25, -0.2) is 8.42 Å². The molecular formula is C20H15Cl2N5O3S. The lowest BCUT2D eigenvalue weighted by Gasteiger charge is -2.08. The van der Waals surface area contributed by atoms with Gasteiger partial charge in [0.1, 0.15) is 5.02 Å². The molecule has 0 radical (unpaired) electrons. The van der Waals surface area contributed by atoms with Crippen LogP contribution >= 0.6 is 23.2 Å². The summed E-state index contributed by atoms with van der Waals surface area (Å²) in [5.41, 5.74) is 1.12. The van der Waals surface area contributed by atoms with Crippen LogP contribution in [-0.2, 0) is 16.6 Å². The van der Waals surface area contributed by atoms with Gasteiger partial charge in [0.2, 0.25) is 0 Å². The fourth-order valence-corrected chi connectivity index (χ4v) is 4.13. The lowest BCUT2D eigenvalue weighted by Crippen LogP contribution is -2.21. The van der Waals surface area contributed by atoms with Crippen LogP contribution in [0, 0.1) is 0 Å². The summed E-state index contributed by atoms with van der Waals surface area (Å²) in [5, 5.41) is 7.98. The topological polar surface area (TPSA) is 98.9 Å². The molecule has 0 aliphatic rings. The Labute approximate surface area is 187 Å². The van der Waals surface area contributed by atoms with Crippen molar-refractivity contribution in [2.75, 3.05) is 4.72 Å². The Hall–Kier alpha value is -3.14. The predicted octanol–water partition coefficient (Wildman–Crippen LogP) is 3.58. The molecule has 0 saturated heterocycles. The number of nitrogens with zero attached hydrogens (tertiary/aromatic N) is 4. The summed E-state index contributed by atoms with van der Waals surface area (Å²) < 4.78 is 30.6. The zero-order valence-corrected chi connectivity index (χ0v) is 18.1. The van der Waals surface area contributed by atoms with Gasteiger partial charge in [-0.05, 0) is 29.8 Å². The number of anilines is 1. The van der Waals surface area contributed by atoms with Crippen LogP contribution in [0.2, 0.25) is 10.0 Å². The zero-order valence-electron chi connectivity index (χ0n) is 15.8. The monoisotopic (exact) mass is 475 g/mol. The summed E-state index contributed by atoms with van der Waals surface area (Å²) in [6, 6.07) is 15.3. The molecule has 0 saturated carbocycles. The average molecular weight is 476 g/mol. The molecular weight excluding hydrogens is 461 g/mol. The van der Waals surface area contributed by atoms with E-state index in [1.807, 2.05) is 30.3 Å². The third-order valence-corrected chi connectivity index (χ3v) is 6.49. The molecule has 0 unspecified atom stereocenters. The van der Waals surface area contributed by atoms with E-state index >= 15 is 0 Å². The Morgan fingerprint density at radius 2 is 1.65 bits per heavy atom. The van der Waals surface area contributed by atoms with E-state index in [0.717, 1.165) is 10.2 Å². The molecule has 0 bridgehead atoms. The minimum Gasteiger partial charge on any atom is -0.276 e. The highest BCUT2D eigenvalue weighted by atomic mass is 35.5. The number of aromatic nitrogens is 4. The molecule has 4 aromatic rings. The van der Waals surface area contributed by atoms with Crippen molar-refractivity contribution in [2.24, 2.45) is 0 Å². The molecule has 31 heavy (non-hydrogen) atoms. The number of benzene rings is 2. The van der Waals surface area contributed by atoms with Crippen molar-refractivity contribution in [1.29, 1.82) is 0 Å². The summed E-state index contributed by atoms with van der Waals surface area (Å²) in [5.74, 6) is 0. The fraction of sp³-hybridized carbons (Fsp3) is 0.0500. The molecule has 11 heteroatoms. The Morgan fingerprint density at radius 3 is 2.35 bits per heavy atom. The van der Waals surface area contributed by atoms with E-state index in [4.69, 9.17) is 23.2 Å². The van der Waals surface area contributed by atoms with Gasteiger partial charge in [-0.2, -0.15) is 14.9 Å². The molecule has 8 nitrogen and oxygen atoms in total. The highest BCUT2D eigenvalue weighted by Gasteiger charge is 2.16. The Morgan fingerprint density at radius 1 is 0.935 bits per heavy atom. The van der Waals surface area contributed by atoms with Gasteiger partial charge in [0.15, 0.2) is 0 Å². The Balaban J connectivity index is 1.52. The fourth-order valence-electron chi connectivity index (χ4n) is 2.85. The average Bonchev–Trinajstić information content (AvgIpc) is 3.19. The second kappa shape index (κ2) is 8.54. The Bertz CT molecular complexity index is 1380. The lowest BCUT2D eigenvalue weighted by molar-refractivity contribution is 0.601. The largest absolute Gasteiger partial charge is 0.291 e. The molecule has 1 N–H and O–H groups in total. The van der Waals surface area contributed by atoms with E-state index < -0.39 is 15.6 Å². The third kappa shape index (κ3) is 4.63. The first kappa shape index (κ1) is 21.1. The molecule has 0 amide bonds. The molecule has 0 fully saturated rings. The summed E-state index contributed by atoms with van der Waals surface area (Å²) in [6.07, 6.45) is 4.29. The van der Waals surface area contributed by atoms with E-state index in [1.54, 1.807) is 10.9 Å². The second-order valence-electron chi connectivity index (χ2n) is 6.54. The summed E-state index contributed by atoms with van der Waals surface area (Å²) in [7, 11) is -3.86. The van der Waals surface area contributed by atoms with Crippen molar-refractivity contribution in [3.8, 4) is 5.69 Å². The van der Waals surface area contributed by atoms with Crippen LogP contribution in [0.15, 0.2) is 82.9 Å². The van der Waals surface area contributed by atoms with Gasteiger partial charge < -0.3 is 0 Å². The quantitative estimate of drug-likeness (QED) is 0.459. The van der Waals surface area contributed by atoms with E-state index in [1.165, 1.54) is 36.7 Å². The summed E-state index contributed by atoms with van der Waals surface area (Å²) in [6.45, 7) is 0.517. The van der Waals surface area contributed by atoms with Gasteiger partial charge in [0.25, 0.3) is 15.6 Å². The van der Waals surface area contributed by atoms with E-state index in [-0.39, 0.29) is 14.9 Å². The van der Waals surface area contributed by atoms with Crippen LogP contribution < -0.4 is 10.3 Å². The SMILES string of the molecule is O=c1c(Cl)c(Cl)cnn1-c1ccc(S(=O)(=O)Nc2cnn(Cc3ccccc3)c2)cc1. The molecule has 158 valence electrons. The molecule has 4 rings (SSSR count). The van der Waals surface area contributed by atoms with E-state index in [2.05, 4.69) is 14.9 Å². The molecule has 0 spiro atoms. The summed E-state index contributed by atoms with van der Waals surface area (Å²) in [4.78, 5) is 12.2. The number of hydrogen-bond donors (Lipinski definition) is 1. The highest BCUT2D eigenvalue weighted by molar-refractivity contribution is 7.92. The number of halogens is 2. The standard InChI is InChI=1S/C20H15Cl2N5O3S/c21-18-11-24-27(20(28)19(18)22)16-6-8-17(9-7-16)31(29,30)25-15-10-23-26(13-15)12-14-4-2-1-3-5-14/h1-11,13,25H,12H2. The molecule has 0 atom stereocenters. The zero-order chi connectivity index (χ0) is 22.0. The highest BCUT2D eigenvalue weighted by Crippen LogP contribution is 2.19. The lowest BCUT2D eigenvalue weighted by atomic mass is 10.2. The van der Waals surface area contributed by atoms with Crippen LogP contribution in [0.3, 0.4) is 0 Å². The second-order valence-corrected chi connectivity index (χ2v) is 9.00. The van der Waals surface area contributed by atoms with Gasteiger partial charge in [-0.3, -0.25) is 14.2 Å². The first-order valence-corrected chi connectivity index (χ1v) is 11.2. The number of rotatable bonds is 6. The van der Waals surface area contributed by atoms with E-state index in [9.17, 15) is 13.2 Å². The molecule has 0 aliphatic heterocycles. The van der Waals surface area contributed by atoms with Gasteiger partial charge in [-0.1, -0.05) is 53.5 Å². The molecule has 2 aromatic carbocycles. The van der Waals surface area contributed by atoms with Gasteiger partial charge >= 0.3 is 0 Å². The van der Waals surface area contributed by atoms with Crippen LogP contribution in [0.5, 0.6) is 0 Å². The van der Waals surface area contributed by atoms with Gasteiger partial charge in [0.05, 0.1) is 40.2 Å². The third-order valence-electron chi connectivity index (χ3n) is 4.34. The van der Waals surface area contributed by atoms with Gasteiger partial charge in [0, 0.05) is 6.20 Å². The van der Waals surface area contributed by atoms with Crippen molar-refractivity contribution < 1.29 is 8.42 Å². The van der Waals surface area contributed by atoms with Crippen molar-refractivity contribution in [2.45, 2.75) is 11.4 Å². The Kier molecular flexibility index (Phi) is 5.81. The first-order chi connectivity index (χ1) is 14.8. The number of nitrogens with one attached hydrogen (secondary N) is 1. The number of sulfonamides is 1. The van der Waals surface area contributed by atoms with Crippen molar-refractivity contribution >= 4 is 38.9 Å². The van der Waals surface area contributed by atoms with Gasteiger partial charge in [-0.15, -0.1) is 0 Å². The maximum absolute atomic E-state index is 12.7. The van der Waals surface area contributed by atoms with E-state index in [0.29, 0.717) is 17.9 Å². The minimum absolute atomic E-state index is 0.0140. The summed E-state index contributed by atoms with van der Waals surface area (Å²) >= 11 is 11.6. The maximum atomic E-state index is 12.7. The normalized spacial score (nSPS) is 11.4. The van der Waals surface area contributed by atoms with Crippen LogP contribution in [0.4, 0.5) is 5.69 Å². The minimum atomic E-state index is -3.86. The van der Waals surface area contributed by atoms with Crippen LogP contribution in [0.25, 0.3) is 5.69 Å². The molecule has 2 heterocycles. The van der Waals surface area contributed by atoms with Crippen LogP contribution in [0.1, 0.15) is 5.56 Å². The predicted molar refractivity (Wildman–Crippen MR) is 118 cm³/mol.